The summed E-state index contributed by atoms with van der Waals surface area (Å²) in [5, 5.41) is 4.07. The highest BCUT2D eigenvalue weighted by molar-refractivity contribution is 5.79. The Morgan fingerprint density at radius 3 is 2.76 bits per heavy atom. The van der Waals surface area contributed by atoms with E-state index in [-0.39, 0.29) is 5.92 Å². The van der Waals surface area contributed by atoms with Gasteiger partial charge in [0.2, 0.25) is 11.7 Å². The minimum absolute atomic E-state index is 0.195. The lowest BCUT2D eigenvalue weighted by Gasteiger charge is -2.16. The van der Waals surface area contributed by atoms with Gasteiger partial charge in [-0.2, -0.15) is 4.98 Å². The number of hydrogen-bond donors (Lipinski definition) is 0. The van der Waals surface area contributed by atoms with Crippen molar-refractivity contribution in [3.8, 4) is 17.1 Å². The molecule has 1 heterocycles. The molecule has 0 amide bonds. The molecule has 0 unspecified atom stereocenters. The van der Waals surface area contributed by atoms with Crippen molar-refractivity contribution in [3.63, 3.8) is 0 Å². The lowest BCUT2D eigenvalue weighted by atomic mass is 9.88. The van der Waals surface area contributed by atoms with Crippen LogP contribution in [-0.2, 0) is 4.79 Å². The van der Waals surface area contributed by atoms with Gasteiger partial charge in [-0.05, 0) is 37.5 Å². The number of hydrogen-bond acceptors (Lipinski definition) is 5. The molecule has 0 atom stereocenters. The number of Topliss-reactive ketones (excluding diaryl/α,β-unsaturated/α-hetero) is 1. The van der Waals surface area contributed by atoms with Crippen LogP contribution in [0.3, 0.4) is 0 Å². The molecule has 1 fully saturated rings. The van der Waals surface area contributed by atoms with Gasteiger partial charge in [-0.15, -0.1) is 0 Å². The number of nitrogens with zero attached hydrogens (tertiary/aromatic N) is 2. The zero-order valence-corrected chi connectivity index (χ0v) is 12.3. The maximum Gasteiger partial charge on any atom is 0.230 e. The molecule has 0 saturated heterocycles. The molecule has 1 aromatic heterocycles. The third-order valence-corrected chi connectivity index (χ3v) is 3.93. The van der Waals surface area contributed by atoms with Crippen LogP contribution in [-0.4, -0.2) is 23.0 Å². The van der Waals surface area contributed by atoms with Gasteiger partial charge in [-0.3, -0.25) is 4.79 Å². The van der Waals surface area contributed by atoms with Crippen molar-refractivity contribution in [2.45, 2.75) is 38.5 Å². The molecule has 0 N–H and O–H groups in total. The lowest BCUT2D eigenvalue weighted by molar-refractivity contribution is -0.120. The quantitative estimate of drug-likeness (QED) is 0.866. The summed E-state index contributed by atoms with van der Waals surface area (Å²) in [4.78, 5) is 15.8. The predicted molar refractivity (Wildman–Crippen MR) is 77.2 cm³/mol. The van der Waals surface area contributed by atoms with Crippen molar-refractivity contribution in [3.05, 3.63) is 29.7 Å². The zero-order valence-electron chi connectivity index (χ0n) is 12.3. The molecule has 0 bridgehead atoms. The van der Waals surface area contributed by atoms with E-state index < -0.39 is 0 Å². The van der Waals surface area contributed by atoms with E-state index in [1.54, 1.807) is 7.11 Å². The second kappa shape index (κ2) is 5.68. The third-order valence-electron chi connectivity index (χ3n) is 3.93. The Bertz CT molecular complexity index is 653. The topological polar surface area (TPSA) is 65.2 Å². The first-order valence-electron chi connectivity index (χ1n) is 7.17. The molecule has 1 aliphatic carbocycles. The average molecular weight is 286 g/mol. The standard InChI is InChI=1S/C16H18N2O3/c1-10-3-8-13(14(9-10)20-2)15-17-16(21-18-15)11-4-6-12(19)7-5-11/h3,8-9,11H,4-7H2,1-2H3. The first kappa shape index (κ1) is 13.8. The fourth-order valence-electron chi connectivity index (χ4n) is 2.68. The molecule has 0 aliphatic heterocycles. The average Bonchev–Trinajstić information content (AvgIpc) is 2.97. The molecule has 0 radical (unpaired) electrons. The van der Waals surface area contributed by atoms with Gasteiger partial charge in [0.1, 0.15) is 11.5 Å². The Morgan fingerprint density at radius 1 is 1.29 bits per heavy atom. The van der Waals surface area contributed by atoms with Crippen LogP contribution >= 0.6 is 0 Å². The van der Waals surface area contributed by atoms with E-state index in [1.165, 1.54) is 0 Å². The number of aromatic nitrogens is 2. The van der Waals surface area contributed by atoms with E-state index in [0.717, 1.165) is 29.7 Å². The fourth-order valence-corrected chi connectivity index (χ4v) is 2.68. The van der Waals surface area contributed by atoms with Crippen molar-refractivity contribution in [1.82, 2.24) is 10.1 Å². The predicted octanol–water partition coefficient (Wildman–Crippen LogP) is 3.28. The molecule has 2 aromatic rings. The SMILES string of the molecule is COc1cc(C)ccc1-c1noc(C2CCC(=O)CC2)n1. The molecule has 110 valence electrons. The van der Waals surface area contributed by atoms with Gasteiger partial charge < -0.3 is 9.26 Å². The van der Waals surface area contributed by atoms with Crippen LogP contribution in [0.2, 0.25) is 0 Å². The summed E-state index contributed by atoms with van der Waals surface area (Å²) >= 11 is 0. The monoisotopic (exact) mass is 286 g/mol. The molecule has 21 heavy (non-hydrogen) atoms. The van der Waals surface area contributed by atoms with Crippen molar-refractivity contribution >= 4 is 5.78 Å². The van der Waals surface area contributed by atoms with Gasteiger partial charge in [0.05, 0.1) is 12.7 Å². The van der Waals surface area contributed by atoms with E-state index in [9.17, 15) is 4.79 Å². The van der Waals surface area contributed by atoms with Crippen LogP contribution < -0.4 is 4.74 Å². The summed E-state index contributed by atoms with van der Waals surface area (Å²) in [7, 11) is 1.63. The van der Waals surface area contributed by atoms with Crippen molar-refractivity contribution < 1.29 is 14.1 Å². The molecule has 3 rings (SSSR count). The molecule has 5 heteroatoms. The van der Waals surface area contributed by atoms with E-state index in [4.69, 9.17) is 9.26 Å². The minimum Gasteiger partial charge on any atom is -0.496 e. The number of benzene rings is 1. The smallest absolute Gasteiger partial charge is 0.230 e. The number of carbonyl (C=O) groups is 1. The Kier molecular flexibility index (Phi) is 3.73. The van der Waals surface area contributed by atoms with Gasteiger partial charge >= 0.3 is 0 Å². The Balaban J connectivity index is 1.86. The van der Waals surface area contributed by atoms with Gasteiger partial charge in [-0.1, -0.05) is 11.2 Å². The van der Waals surface area contributed by atoms with E-state index >= 15 is 0 Å². The second-order valence-electron chi connectivity index (χ2n) is 5.47. The molecule has 0 spiro atoms. The largest absolute Gasteiger partial charge is 0.496 e. The van der Waals surface area contributed by atoms with Crippen molar-refractivity contribution in [2.75, 3.05) is 7.11 Å². The lowest BCUT2D eigenvalue weighted by Crippen LogP contribution is -2.12. The fraction of sp³-hybridized carbons (Fsp3) is 0.438. The Labute approximate surface area is 123 Å². The number of aryl methyl sites for hydroxylation is 1. The van der Waals surface area contributed by atoms with E-state index in [0.29, 0.717) is 30.3 Å². The van der Waals surface area contributed by atoms with E-state index in [1.807, 2.05) is 25.1 Å². The number of ketones is 1. The number of methoxy groups -OCH3 is 1. The number of ether oxygens (including phenoxy) is 1. The van der Waals surface area contributed by atoms with Gasteiger partial charge in [0, 0.05) is 18.8 Å². The van der Waals surface area contributed by atoms with Crippen molar-refractivity contribution in [2.24, 2.45) is 0 Å². The van der Waals surface area contributed by atoms with Crippen LogP contribution in [0, 0.1) is 6.92 Å². The summed E-state index contributed by atoms with van der Waals surface area (Å²) in [5.41, 5.74) is 1.94. The summed E-state index contributed by atoms with van der Waals surface area (Å²) in [5.74, 6) is 2.42. The highest BCUT2D eigenvalue weighted by Gasteiger charge is 2.25. The highest BCUT2D eigenvalue weighted by atomic mass is 16.5. The van der Waals surface area contributed by atoms with Crippen LogP contribution in [0.1, 0.15) is 43.1 Å². The minimum atomic E-state index is 0.195. The molecular weight excluding hydrogens is 268 g/mol. The molecule has 1 aliphatic rings. The summed E-state index contributed by atoms with van der Waals surface area (Å²) in [6, 6.07) is 5.88. The number of rotatable bonds is 3. The van der Waals surface area contributed by atoms with Gasteiger partial charge in [0.15, 0.2) is 0 Å². The highest BCUT2D eigenvalue weighted by Crippen LogP contribution is 2.33. The molecular formula is C16H18N2O3. The van der Waals surface area contributed by atoms with E-state index in [2.05, 4.69) is 10.1 Å². The summed E-state index contributed by atoms with van der Waals surface area (Å²) in [6.07, 6.45) is 2.81. The van der Waals surface area contributed by atoms with Crippen LogP contribution in [0.5, 0.6) is 5.75 Å². The van der Waals surface area contributed by atoms with Crippen LogP contribution in [0.25, 0.3) is 11.4 Å². The first-order valence-corrected chi connectivity index (χ1v) is 7.17. The normalized spacial score (nSPS) is 16.2. The Hall–Kier alpha value is -2.17. The van der Waals surface area contributed by atoms with Gasteiger partial charge in [0.25, 0.3) is 0 Å². The van der Waals surface area contributed by atoms with Crippen LogP contribution in [0.4, 0.5) is 0 Å². The maximum atomic E-state index is 11.3. The molecule has 1 saturated carbocycles. The maximum absolute atomic E-state index is 11.3. The first-order chi connectivity index (χ1) is 10.2. The summed E-state index contributed by atoms with van der Waals surface area (Å²) < 4.78 is 10.8. The van der Waals surface area contributed by atoms with Crippen LogP contribution in [0.15, 0.2) is 22.7 Å². The molecule has 5 nitrogen and oxygen atoms in total. The zero-order chi connectivity index (χ0) is 14.8. The number of carbonyl (C=O) groups excluding carboxylic acids is 1. The van der Waals surface area contributed by atoms with Gasteiger partial charge in [-0.25, -0.2) is 0 Å². The summed E-state index contributed by atoms with van der Waals surface area (Å²) in [6.45, 7) is 2.01. The van der Waals surface area contributed by atoms with Crippen molar-refractivity contribution in [1.29, 1.82) is 0 Å². The Morgan fingerprint density at radius 2 is 2.05 bits per heavy atom. The molecule has 1 aromatic carbocycles. The second-order valence-corrected chi connectivity index (χ2v) is 5.47. The third kappa shape index (κ3) is 2.82.